The van der Waals surface area contributed by atoms with Crippen LogP contribution in [-0.2, 0) is 0 Å². The lowest BCUT2D eigenvalue weighted by Crippen LogP contribution is -2.26. The molecule has 0 saturated carbocycles. The minimum Gasteiger partial charge on any atom is -0.324 e. The molecule has 0 spiro atoms. The maximum absolute atomic E-state index is 6.15. The van der Waals surface area contributed by atoms with Crippen molar-refractivity contribution in [2.75, 3.05) is 0 Å². The lowest BCUT2D eigenvalue weighted by Gasteiger charge is -2.27. The highest BCUT2D eigenvalue weighted by atomic mass is 35.5. The molecule has 0 aliphatic heterocycles. The SMILES string of the molecule is Cc1cc([C@@H](N)C(C)(C)C)ccc1Cl. The molecule has 0 radical (unpaired) electrons. The molecule has 0 amide bonds. The molecule has 0 heterocycles. The zero-order valence-electron chi connectivity index (χ0n) is 9.26. The number of rotatable bonds is 1. The van der Waals surface area contributed by atoms with Crippen LogP contribution in [-0.4, -0.2) is 0 Å². The van der Waals surface area contributed by atoms with Crippen molar-refractivity contribution < 1.29 is 0 Å². The Labute approximate surface area is 91.3 Å². The van der Waals surface area contributed by atoms with E-state index < -0.39 is 0 Å². The minimum absolute atomic E-state index is 0.0541. The first-order chi connectivity index (χ1) is 6.32. The number of benzene rings is 1. The fraction of sp³-hybridized carbons (Fsp3) is 0.500. The first kappa shape index (κ1) is 11.5. The van der Waals surface area contributed by atoms with Gasteiger partial charge >= 0.3 is 0 Å². The van der Waals surface area contributed by atoms with Gasteiger partial charge in [0.15, 0.2) is 0 Å². The molecule has 0 bridgehead atoms. The van der Waals surface area contributed by atoms with Gasteiger partial charge in [-0.2, -0.15) is 0 Å². The van der Waals surface area contributed by atoms with Crippen molar-refractivity contribution in [1.82, 2.24) is 0 Å². The number of halogens is 1. The third kappa shape index (κ3) is 2.49. The van der Waals surface area contributed by atoms with Crippen LogP contribution in [0.4, 0.5) is 0 Å². The first-order valence-electron chi connectivity index (χ1n) is 4.84. The van der Waals surface area contributed by atoms with Gasteiger partial charge in [-0.15, -0.1) is 0 Å². The van der Waals surface area contributed by atoms with Crippen molar-refractivity contribution in [2.45, 2.75) is 33.7 Å². The second kappa shape index (κ2) is 3.92. The lowest BCUT2D eigenvalue weighted by atomic mass is 9.83. The minimum atomic E-state index is 0.0541. The van der Waals surface area contributed by atoms with Gasteiger partial charge in [-0.05, 0) is 29.5 Å². The van der Waals surface area contributed by atoms with Crippen molar-refractivity contribution in [2.24, 2.45) is 11.1 Å². The van der Waals surface area contributed by atoms with Gasteiger partial charge in [0.2, 0.25) is 0 Å². The van der Waals surface area contributed by atoms with Crippen LogP contribution in [0.5, 0.6) is 0 Å². The molecule has 0 aliphatic rings. The van der Waals surface area contributed by atoms with Gasteiger partial charge in [-0.25, -0.2) is 0 Å². The zero-order valence-corrected chi connectivity index (χ0v) is 10.0. The third-order valence-electron chi connectivity index (χ3n) is 2.47. The van der Waals surface area contributed by atoms with Crippen LogP contribution in [0.2, 0.25) is 5.02 Å². The fourth-order valence-corrected chi connectivity index (χ4v) is 1.48. The monoisotopic (exact) mass is 211 g/mol. The summed E-state index contributed by atoms with van der Waals surface area (Å²) in [5, 5.41) is 0.801. The molecular weight excluding hydrogens is 194 g/mol. The average molecular weight is 212 g/mol. The van der Waals surface area contributed by atoms with Crippen molar-refractivity contribution >= 4 is 11.6 Å². The highest BCUT2D eigenvalue weighted by Gasteiger charge is 2.22. The largest absolute Gasteiger partial charge is 0.324 e. The summed E-state index contributed by atoms with van der Waals surface area (Å²) in [5.74, 6) is 0. The molecule has 0 fully saturated rings. The smallest absolute Gasteiger partial charge is 0.0435 e. The summed E-state index contributed by atoms with van der Waals surface area (Å²) in [6.45, 7) is 8.42. The maximum Gasteiger partial charge on any atom is 0.0435 e. The first-order valence-corrected chi connectivity index (χ1v) is 5.22. The molecule has 0 saturated heterocycles. The van der Waals surface area contributed by atoms with E-state index in [2.05, 4.69) is 26.8 Å². The number of nitrogens with two attached hydrogens (primary N) is 1. The summed E-state index contributed by atoms with van der Waals surface area (Å²) in [6.07, 6.45) is 0. The Morgan fingerprint density at radius 3 is 2.29 bits per heavy atom. The summed E-state index contributed by atoms with van der Waals surface area (Å²) in [7, 11) is 0. The van der Waals surface area contributed by atoms with E-state index in [1.54, 1.807) is 0 Å². The quantitative estimate of drug-likeness (QED) is 0.754. The Morgan fingerprint density at radius 1 is 1.29 bits per heavy atom. The molecule has 2 heteroatoms. The second-order valence-corrected chi connectivity index (χ2v) is 5.26. The Kier molecular flexibility index (Phi) is 3.23. The van der Waals surface area contributed by atoms with Gasteiger partial charge in [-0.3, -0.25) is 0 Å². The van der Waals surface area contributed by atoms with Crippen molar-refractivity contribution in [3.8, 4) is 0 Å². The van der Waals surface area contributed by atoms with Crippen LogP contribution < -0.4 is 5.73 Å². The van der Waals surface area contributed by atoms with Gasteiger partial charge in [-0.1, -0.05) is 44.5 Å². The normalized spacial score (nSPS) is 14.1. The molecule has 2 N–H and O–H groups in total. The van der Waals surface area contributed by atoms with E-state index in [4.69, 9.17) is 17.3 Å². The van der Waals surface area contributed by atoms with E-state index in [9.17, 15) is 0 Å². The second-order valence-electron chi connectivity index (χ2n) is 4.85. The predicted molar refractivity (Wildman–Crippen MR) is 62.6 cm³/mol. The van der Waals surface area contributed by atoms with Gasteiger partial charge in [0, 0.05) is 11.1 Å². The summed E-state index contributed by atoms with van der Waals surface area (Å²) < 4.78 is 0. The van der Waals surface area contributed by atoms with Crippen molar-refractivity contribution in [3.63, 3.8) is 0 Å². The molecule has 0 aromatic heterocycles. The van der Waals surface area contributed by atoms with Crippen LogP contribution >= 0.6 is 11.6 Å². The molecule has 1 atom stereocenters. The van der Waals surface area contributed by atoms with Crippen LogP contribution in [0, 0.1) is 12.3 Å². The van der Waals surface area contributed by atoms with Crippen molar-refractivity contribution in [1.29, 1.82) is 0 Å². The van der Waals surface area contributed by atoms with Crippen LogP contribution in [0.1, 0.15) is 37.9 Å². The third-order valence-corrected chi connectivity index (χ3v) is 2.90. The summed E-state index contributed by atoms with van der Waals surface area (Å²) in [5.41, 5.74) is 8.47. The highest BCUT2D eigenvalue weighted by molar-refractivity contribution is 6.31. The summed E-state index contributed by atoms with van der Waals surface area (Å²) in [6, 6.07) is 6.04. The van der Waals surface area contributed by atoms with Gasteiger partial charge in [0.1, 0.15) is 0 Å². The topological polar surface area (TPSA) is 26.0 Å². The highest BCUT2D eigenvalue weighted by Crippen LogP contribution is 2.31. The Hall–Kier alpha value is -0.530. The van der Waals surface area contributed by atoms with E-state index in [0.29, 0.717) is 0 Å². The van der Waals surface area contributed by atoms with Gasteiger partial charge in [0.25, 0.3) is 0 Å². The predicted octanol–water partition coefficient (Wildman–Crippen LogP) is 3.69. The summed E-state index contributed by atoms with van der Waals surface area (Å²) >= 11 is 5.96. The maximum atomic E-state index is 6.15. The van der Waals surface area contributed by atoms with Crippen LogP contribution in [0.3, 0.4) is 0 Å². The molecule has 78 valence electrons. The lowest BCUT2D eigenvalue weighted by molar-refractivity contribution is 0.327. The molecular formula is C12H18ClN. The van der Waals surface area contributed by atoms with E-state index in [1.807, 2.05) is 19.1 Å². The number of hydrogen-bond acceptors (Lipinski definition) is 1. The zero-order chi connectivity index (χ0) is 10.9. The van der Waals surface area contributed by atoms with Gasteiger partial charge < -0.3 is 5.73 Å². The van der Waals surface area contributed by atoms with Crippen molar-refractivity contribution in [3.05, 3.63) is 34.3 Å². The molecule has 1 aromatic rings. The molecule has 1 rings (SSSR count). The van der Waals surface area contributed by atoms with Crippen LogP contribution in [0.15, 0.2) is 18.2 Å². The molecule has 14 heavy (non-hydrogen) atoms. The number of aryl methyl sites for hydroxylation is 1. The van der Waals surface area contributed by atoms with E-state index in [0.717, 1.165) is 16.1 Å². The van der Waals surface area contributed by atoms with Crippen LogP contribution in [0.25, 0.3) is 0 Å². The Balaban J connectivity index is 3.03. The number of hydrogen-bond donors (Lipinski definition) is 1. The molecule has 1 aromatic carbocycles. The standard InChI is InChI=1S/C12H18ClN/c1-8-7-9(5-6-10(8)13)11(14)12(2,3)4/h5-7,11H,14H2,1-4H3/t11-/m1/s1. The molecule has 0 aliphatic carbocycles. The van der Waals surface area contributed by atoms with E-state index in [1.165, 1.54) is 0 Å². The fourth-order valence-electron chi connectivity index (χ4n) is 1.36. The van der Waals surface area contributed by atoms with E-state index in [-0.39, 0.29) is 11.5 Å². The Bertz CT molecular complexity index is 326. The average Bonchev–Trinajstić information content (AvgIpc) is 2.07. The van der Waals surface area contributed by atoms with E-state index >= 15 is 0 Å². The Morgan fingerprint density at radius 2 is 1.86 bits per heavy atom. The molecule has 0 unspecified atom stereocenters. The van der Waals surface area contributed by atoms with Gasteiger partial charge in [0.05, 0.1) is 0 Å². The molecule has 1 nitrogen and oxygen atoms in total. The summed E-state index contributed by atoms with van der Waals surface area (Å²) in [4.78, 5) is 0.